The van der Waals surface area contributed by atoms with Crippen molar-refractivity contribution in [2.45, 2.75) is 32.6 Å². The van der Waals surface area contributed by atoms with E-state index in [0.29, 0.717) is 262 Å². The van der Waals surface area contributed by atoms with E-state index in [1.165, 1.54) is 0 Å². The third kappa shape index (κ3) is 54.6. The van der Waals surface area contributed by atoms with E-state index in [9.17, 15) is 16.8 Å². The van der Waals surface area contributed by atoms with Crippen LogP contribution < -0.4 is 9.47 Å². The molecule has 1 aromatic carbocycles. The van der Waals surface area contributed by atoms with Gasteiger partial charge in [-0.3, -0.25) is 9.11 Å². The summed E-state index contributed by atoms with van der Waals surface area (Å²) in [5.41, 5.74) is 1.05. The Morgan fingerprint density at radius 2 is 0.493 bits per heavy atom. The quantitative estimate of drug-likeness (QED) is 0.0700. The summed E-state index contributed by atoms with van der Waals surface area (Å²) in [6, 6.07) is 5.77. The molecule has 0 aliphatic rings. The van der Waals surface area contributed by atoms with Gasteiger partial charge in [-0.1, -0.05) is 6.07 Å². The first kappa shape index (κ1) is 69.0. The number of aryl methyl sites for hydroxylation is 1. The van der Waals surface area contributed by atoms with Crippen LogP contribution in [0.15, 0.2) is 18.2 Å². The van der Waals surface area contributed by atoms with Crippen LogP contribution in [-0.2, 0) is 96.0 Å². The summed E-state index contributed by atoms with van der Waals surface area (Å²) < 4.78 is 159. The van der Waals surface area contributed by atoms with E-state index < -0.39 is 20.2 Å². The molecule has 24 nitrogen and oxygen atoms in total. The summed E-state index contributed by atoms with van der Waals surface area (Å²) in [5, 5.41) is 0. The van der Waals surface area contributed by atoms with Gasteiger partial charge in [0.25, 0.3) is 20.2 Å². The van der Waals surface area contributed by atoms with E-state index in [1.807, 2.05) is 25.1 Å². The van der Waals surface area contributed by atoms with Gasteiger partial charge >= 0.3 is 0 Å². The second-order valence-electron chi connectivity index (χ2n) is 15.4. The van der Waals surface area contributed by atoms with Crippen LogP contribution in [0.25, 0.3) is 0 Å². The molecule has 0 amide bonds. The van der Waals surface area contributed by atoms with Crippen LogP contribution in [0.4, 0.5) is 0 Å². The Balaban J connectivity index is 1.80. The van der Waals surface area contributed by atoms with E-state index in [4.69, 9.17) is 94.4 Å². The Hall–Kier alpha value is -2.00. The number of ether oxygens (including phenoxy) is 18. The van der Waals surface area contributed by atoms with Gasteiger partial charge in [0.15, 0.2) is 11.5 Å². The predicted molar refractivity (Wildman–Crippen MR) is 267 cm³/mol. The molecule has 0 unspecified atom stereocenters. The molecule has 0 saturated carbocycles. The maximum absolute atomic E-state index is 10.6. The van der Waals surface area contributed by atoms with Crippen LogP contribution in [-0.4, -0.2) is 262 Å². The van der Waals surface area contributed by atoms with Crippen molar-refractivity contribution in [3.8, 4) is 11.5 Å². The van der Waals surface area contributed by atoms with Crippen LogP contribution in [0.1, 0.15) is 31.2 Å². The van der Waals surface area contributed by atoms with Crippen molar-refractivity contribution in [3.63, 3.8) is 0 Å². The number of unbranched alkanes of at least 4 members (excludes halogenated alkanes) is 2. The maximum atomic E-state index is 10.6. The van der Waals surface area contributed by atoms with Gasteiger partial charge < -0.3 is 85.3 Å². The molecule has 0 fully saturated rings. The fourth-order valence-electron chi connectivity index (χ4n) is 5.53. The van der Waals surface area contributed by atoms with Gasteiger partial charge in [0.05, 0.1) is 210 Å². The van der Waals surface area contributed by atoms with Crippen LogP contribution >= 0.6 is 0 Å². The van der Waals surface area contributed by atoms with Crippen molar-refractivity contribution in [3.05, 3.63) is 23.8 Å². The molecule has 1 aromatic rings. The van der Waals surface area contributed by atoms with Crippen molar-refractivity contribution >= 4 is 20.2 Å². The average molecular weight is 1100 g/mol. The number of hydrogen-bond acceptors (Lipinski definition) is 22. The Bertz CT molecular complexity index is 1550. The highest BCUT2D eigenvalue weighted by Gasteiger charge is 2.08. The second kappa shape index (κ2) is 52.1. The third-order valence-electron chi connectivity index (χ3n) is 9.16. The zero-order valence-corrected chi connectivity index (χ0v) is 44.8. The molecule has 0 radical (unpaired) electrons. The molecule has 0 saturated heterocycles. The molecule has 0 spiro atoms. The molecule has 432 valence electrons. The largest absolute Gasteiger partial charge is 0.487 e. The summed E-state index contributed by atoms with van der Waals surface area (Å²) in [4.78, 5) is 0. The predicted octanol–water partition coefficient (Wildman–Crippen LogP) is 2.35. The first-order valence-electron chi connectivity index (χ1n) is 25.1. The fraction of sp³-hybridized carbons (Fsp3) is 0.872. The fourth-order valence-corrected chi connectivity index (χ4v) is 6.67. The minimum absolute atomic E-state index is 0.252. The molecule has 0 heterocycles. The smallest absolute Gasteiger partial charge is 0.264 e. The Labute approximate surface area is 434 Å². The van der Waals surface area contributed by atoms with Gasteiger partial charge in [0.2, 0.25) is 0 Å². The number of hydrogen-bond donors (Lipinski definition) is 2. The monoisotopic (exact) mass is 1100 g/mol. The summed E-state index contributed by atoms with van der Waals surface area (Å²) in [5.74, 6) is 0.770. The summed E-state index contributed by atoms with van der Waals surface area (Å²) in [7, 11) is -7.81. The second-order valence-corrected chi connectivity index (χ2v) is 18.6. The van der Waals surface area contributed by atoms with Crippen molar-refractivity contribution in [1.82, 2.24) is 0 Å². The molecule has 1 rings (SSSR count). The highest BCUT2D eigenvalue weighted by atomic mass is 32.2. The lowest BCUT2D eigenvalue weighted by Crippen LogP contribution is -2.15. The van der Waals surface area contributed by atoms with E-state index in [-0.39, 0.29) is 11.5 Å². The maximum Gasteiger partial charge on any atom is 0.264 e. The van der Waals surface area contributed by atoms with E-state index in [1.54, 1.807) is 0 Å². The SMILES string of the molecule is Cc1ccc(OCCOCCOCCOCCOCCOCCOCCOCCOCCCCS(=O)(=O)O)c(OCCOCCOCCOCCOCCOCCOCCOCCOCCCCS(=O)(=O)O)c1. The summed E-state index contributed by atoms with van der Waals surface area (Å²) in [6.07, 6.45) is 1.83. The van der Waals surface area contributed by atoms with E-state index in [2.05, 4.69) is 0 Å². The minimum atomic E-state index is -3.90. The third-order valence-corrected chi connectivity index (χ3v) is 10.8. The molecule has 2 N–H and O–H groups in total. The molecule has 0 aromatic heterocycles. The zero-order chi connectivity index (χ0) is 52.9. The average Bonchev–Trinajstić information content (AvgIpc) is 3.35. The first-order valence-corrected chi connectivity index (χ1v) is 28.3. The molecule has 0 bridgehead atoms. The molecule has 0 aliphatic heterocycles. The Morgan fingerprint density at radius 1 is 0.288 bits per heavy atom. The van der Waals surface area contributed by atoms with Gasteiger partial charge in [0, 0.05) is 13.2 Å². The van der Waals surface area contributed by atoms with Gasteiger partial charge in [-0.15, -0.1) is 0 Å². The van der Waals surface area contributed by atoms with Crippen LogP contribution in [0.3, 0.4) is 0 Å². The Kier molecular flexibility index (Phi) is 49.2. The standard InChI is InChI=1S/C47H88O24S2/c1-45-6-7-46(70-40-38-68-36-34-66-32-30-64-28-26-62-24-22-60-20-18-58-16-14-56-12-10-54-8-2-4-42-72(48,49)50)47(44-45)71-41-39-69-37-35-67-33-31-65-29-27-63-25-23-61-21-19-59-17-15-57-13-11-55-9-3-5-43-73(51,52)53/h6-7,44H,2-5,8-43H2,1H3,(H,48,49,50)(H,51,52,53). The van der Waals surface area contributed by atoms with Crippen LogP contribution in [0.5, 0.6) is 11.5 Å². The number of benzene rings is 1. The lowest BCUT2D eigenvalue weighted by Gasteiger charge is -2.14. The van der Waals surface area contributed by atoms with Crippen LogP contribution in [0, 0.1) is 6.92 Å². The van der Waals surface area contributed by atoms with Crippen molar-refractivity contribution in [2.24, 2.45) is 0 Å². The normalized spacial score (nSPS) is 12.0. The molecular weight excluding hydrogens is 1010 g/mol. The van der Waals surface area contributed by atoms with E-state index >= 15 is 0 Å². The minimum Gasteiger partial charge on any atom is -0.487 e. The van der Waals surface area contributed by atoms with Crippen molar-refractivity contribution in [1.29, 1.82) is 0 Å². The lowest BCUT2D eigenvalue weighted by molar-refractivity contribution is -0.0238. The van der Waals surface area contributed by atoms with Crippen LogP contribution in [0.2, 0.25) is 0 Å². The lowest BCUT2D eigenvalue weighted by atomic mass is 10.2. The van der Waals surface area contributed by atoms with Gasteiger partial charge in [-0.25, -0.2) is 0 Å². The molecule has 26 heteroatoms. The highest BCUT2D eigenvalue weighted by Crippen LogP contribution is 2.28. The number of rotatable bonds is 60. The van der Waals surface area contributed by atoms with Crippen molar-refractivity contribution in [2.75, 3.05) is 236 Å². The van der Waals surface area contributed by atoms with Gasteiger partial charge in [-0.2, -0.15) is 16.8 Å². The molecule has 0 aliphatic carbocycles. The zero-order valence-electron chi connectivity index (χ0n) is 43.2. The summed E-state index contributed by atoms with van der Waals surface area (Å²) >= 11 is 0. The summed E-state index contributed by atoms with van der Waals surface area (Å²) in [6.45, 7) is 16.8. The first-order chi connectivity index (χ1) is 35.6. The van der Waals surface area contributed by atoms with E-state index in [0.717, 1.165) is 5.56 Å². The molecular formula is C47H88O24S2. The van der Waals surface area contributed by atoms with Gasteiger partial charge in [0.1, 0.15) is 13.2 Å². The molecule has 0 atom stereocenters. The molecule has 73 heavy (non-hydrogen) atoms. The Morgan fingerprint density at radius 3 is 0.726 bits per heavy atom. The van der Waals surface area contributed by atoms with Crippen molar-refractivity contribution < 1.29 is 111 Å². The topological polar surface area (TPSA) is 275 Å². The van der Waals surface area contributed by atoms with Gasteiger partial charge in [-0.05, 0) is 50.3 Å². The highest BCUT2D eigenvalue weighted by molar-refractivity contribution is 7.86.